The first-order valence-electron chi connectivity index (χ1n) is 11.3. The SMILES string of the molecule is Cc1ccc(C2C(C(=O)c3ccncc3)=C(O)C(=O)N2CCc2cccc3ccccc23)cc1. The van der Waals surface area contributed by atoms with Crippen molar-refractivity contribution in [3.05, 3.63) is 125 Å². The Labute approximate surface area is 198 Å². The van der Waals surface area contributed by atoms with Gasteiger partial charge in [-0.3, -0.25) is 14.6 Å². The van der Waals surface area contributed by atoms with E-state index in [1.807, 2.05) is 49.4 Å². The zero-order chi connectivity index (χ0) is 23.7. The molecule has 1 aliphatic heterocycles. The number of pyridine rings is 1. The van der Waals surface area contributed by atoms with Gasteiger partial charge in [0.05, 0.1) is 11.6 Å². The van der Waals surface area contributed by atoms with E-state index in [1.165, 1.54) is 12.4 Å². The summed E-state index contributed by atoms with van der Waals surface area (Å²) < 4.78 is 0. The molecule has 0 saturated carbocycles. The second-order valence-electron chi connectivity index (χ2n) is 8.53. The summed E-state index contributed by atoms with van der Waals surface area (Å²) in [7, 11) is 0. The molecule has 0 saturated heterocycles. The van der Waals surface area contributed by atoms with Crippen LogP contribution in [-0.4, -0.2) is 33.2 Å². The van der Waals surface area contributed by atoms with Crippen molar-refractivity contribution in [1.82, 2.24) is 9.88 Å². The van der Waals surface area contributed by atoms with Gasteiger partial charge in [0.2, 0.25) is 0 Å². The van der Waals surface area contributed by atoms with Crippen LogP contribution >= 0.6 is 0 Å². The number of hydrogen-bond acceptors (Lipinski definition) is 4. The fourth-order valence-corrected chi connectivity index (χ4v) is 4.62. The predicted molar refractivity (Wildman–Crippen MR) is 132 cm³/mol. The Kier molecular flexibility index (Phi) is 5.68. The molecule has 1 N–H and O–H groups in total. The van der Waals surface area contributed by atoms with Gasteiger partial charge >= 0.3 is 0 Å². The van der Waals surface area contributed by atoms with E-state index in [0.717, 1.165) is 27.5 Å². The molecule has 5 heteroatoms. The number of nitrogens with zero attached hydrogens (tertiary/aromatic N) is 2. The Bertz CT molecular complexity index is 1400. The number of hydrogen-bond donors (Lipinski definition) is 1. The third-order valence-electron chi connectivity index (χ3n) is 6.39. The Hall–Kier alpha value is -4.25. The summed E-state index contributed by atoms with van der Waals surface area (Å²) in [5, 5.41) is 13.1. The highest BCUT2D eigenvalue weighted by Gasteiger charge is 2.43. The van der Waals surface area contributed by atoms with Crippen LogP contribution < -0.4 is 0 Å². The van der Waals surface area contributed by atoms with Crippen molar-refractivity contribution in [3.8, 4) is 0 Å². The van der Waals surface area contributed by atoms with Crippen LogP contribution in [0.4, 0.5) is 0 Å². The van der Waals surface area contributed by atoms with E-state index in [2.05, 4.69) is 29.2 Å². The van der Waals surface area contributed by atoms with Crippen molar-refractivity contribution in [3.63, 3.8) is 0 Å². The maximum Gasteiger partial charge on any atom is 0.290 e. The summed E-state index contributed by atoms with van der Waals surface area (Å²) in [5.74, 6) is -1.37. The summed E-state index contributed by atoms with van der Waals surface area (Å²) in [6, 6.07) is 24.5. The molecule has 1 unspecified atom stereocenters. The van der Waals surface area contributed by atoms with Crippen molar-refractivity contribution in [2.45, 2.75) is 19.4 Å². The Morgan fingerprint density at radius 2 is 1.65 bits per heavy atom. The van der Waals surface area contributed by atoms with Gasteiger partial charge in [-0.25, -0.2) is 0 Å². The number of aromatic nitrogens is 1. The van der Waals surface area contributed by atoms with Gasteiger partial charge in [0.25, 0.3) is 5.91 Å². The zero-order valence-corrected chi connectivity index (χ0v) is 18.8. The number of ketones is 1. The molecule has 0 bridgehead atoms. The lowest BCUT2D eigenvalue weighted by Crippen LogP contribution is -2.33. The molecule has 0 aliphatic carbocycles. The molecule has 34 heavy (non-hydrogen) atoms. The first kappa shape index (κ1) is 21.6. The van der Waals surface area contributed by atoms with E-state index < -0.39 is 17.7 Å². The van der Waals surface area contributed by atoms with Gasteiger partial charge in [-0.05, 0) is 47.4 Å². The van der Waals surface area contributed by atoms with Crippen molar-refractivity contribution < 1.29 is 14.7 Å². The molecule has 0 fully saturated rings. The molecule has 0 spiro atoms. The molecular formula is C29H24N2O3. The van der Waals surface area contributed by atoms with Gasteiger partial charge < -0.3 is 10.0 Å². The highest BCUT2D eigenvalue weighted by molar-refractivity contribution is 6.16. The van der Waals surface area contributed by atoms with Crippen LogP contribution in [0.15, 0.2) is 103 Å². The van der Waals surface area contributed by atoms with Gasteiger partial charge in [-0.1, -0.05) is 72.3 Å². The molecule has 1 amide bonds. The standard InChI is InChI=1S/C29H24N2O3/c1-19-9-11-22(12-10-19)26-25(27(32)23-13-16-30-17-14-23)28(33)29(34)31(26)18-15-21-7-4-6-20-5-2-3-8-24(20)21/h2-14,16-17,26,33H,15,18H2,1H3. The minimum atomic E-state index is -0.663. The number of Topliss-reactive ketones (excluding diaryl/α,β-unsaturated/α-hetero) is 1. The summed E-state index contributed by atoms with van der Waals surface area (Å²) in [4.78, 5) is 32.2. The minimum Gasteiger partial charge on any atom is -0.503 e. The number of carbonyl (C=O) groups is 2. The van der Waals surface area contributed by atoms with E-state index >= 15 is 0 Å². The second-order valence-corrected chi connectivity index (χ2v) is 8.53. The first-order valence-corrected chi connectivity index (χ1v) is 11.3. The van der Waals surface area contributed by atoms with E-state index in [0.29, 0.717) is 18.5 Å². The number of aryl methyl sites for hydroxylation is 1. The van der Waals surface area contributed by atoms with Crippen LogP contribution in [0.3, 0.4) is 0 Å². The average Bonchev–Trinajstić information content (AvgIpc) is 3.13. The maximum atomic E-state index is 13.4. The topological polar surface area (TPSA) is 70.5 Å². The lowest BCUT2D eigenvalue weighted by Gasteiger charge is -2.27. The van der Waals surface area contributed by atoms with Gasteiger partial charge in [-0.2, -0.15) is 0 Å². The fraction of sp³-hybridized carbons (Fsp3) is 0.138. The molecule has 5 rings (SSSR count). The van der Waals surface area contributed by atoms with Crippen molar-refractivity contribution in [2.24, 2.45) is 0 Å². The molecule has 168 valence electrons. The molecule has 1 aliphatic rings. The van der Waals surface area contributed by atoms with Crippen LogP contribution in [0, 0.1) is 6.92 Å². The van der Waals surface area contributed by atoms with Crippen molar-refractivity contribution in [1.29, 1.82) is 0 Å². The Morgan fingerprint density at radius 1 is 0.941 bits per heavy atom. The fourth-order valence-electron chi connectivity index (χ4n) is 4.62. The van der Waals surface area contributed by atoms with E-state index in [-0.39, 0.29) is 11.4 Å². The van der Waals surface area contributed by atoms with Gasteiger partial charge in [0.1, 0.15) is 0 Å². The first-order chi connectivity index (χ1) is 16.5. The van der Waals surface area contributed by atoms with E-state index in [9.17, 15) is 14.7 Å². The Morgan fingerprint density at radius 3 is 2.41 bits per heavy atom. The predicted octanol–water partition coefficient (Wildman–Crippen LogP) is 5.36. The maximum absolute atomic E-state index is 13.4. The van der Waals surface area contributed by atoms with Crippen LogP contribution in [0.1, 0.15) is 33.1 Å². The number of aliphatic hydroxyl groups is 1. The number of benzene rings is 3. The average molecular weight is 449 g/mol. The Balaban J connectivity index is 1.53. The number of amides is 1. The van der Waals surface area contributed by atoms with Crippen LogP contribution in [0.5, 0.6) is 0 Å². The number of aliphatic hydroxyl groups excluding tert-OH is 1. The molecule has 5 nitrogen and oxygen atoms in total. The molecule has 3 aromatic carbocycles. The second kappa shape index (κ2) is 8.94. The van der Waals surface area contributed by atoms with Crippen molar-refractivity contribution in [2.75, 3.05) is 6.54 Å². The van der Waals surface area contributed by atoms with Gasteiger partial charge in [-0.15, -0.1) is 0 Å². The van der Waals surface area contributed by atoms with Crippen LogP contribution in [-0.2, 0) is 11.2 Å². The van der Waals surface area contributed by atoms with Gasteiger partial charge in [0.15, 0.2) is 11.5 Å². The normalized spacial score (nSPS) is 15.9. The largest absolute Gasteiger partial charge is 0.503 e. The molecule has 1 aromatic heterocycles. The quantitative estimate of drug-likeness (QED) is 0.403. The van der Waals surface area contributed by atoms with E-state index in [1.54, 1.807) is 17.0 Å². The lowest BCUT2D eigenvalue weighted by atomic mass is 9.92. The lowest BCUT2D eigenvalue weighted by molar-refractivity contribution is -0.129. The number of rotatable bonds is 6. The van der Waals surface area contributed by atoms with Gasteiger partial charge in [0, 0.05) is 24.5 Å². The van der Waals surface area contributed by atoms with E-state index in [4.69, 9.17) is 0 Å². The summed E-state index contributed by atoms with van der Waals surface area (Å²) in [6.45, 7) is 2.35. The number of fused-ring (bicyclic) bond motifs is 1. The van der Waals surface area contributed by atoms with Crippen LogP contribution in [0.2, 0.25) is 0 Å². The number of carbonyl (C=O) groups excluding carboxylic acids is 2. The smallest absolute Gasteiger partial charge is 0.290 e. The summed E-state index contributed by atoms with van der Waals surface area (Å²) >= 11 is 0. The summed E-state index contributed by atoms with van der Waals surface area (Å²) in [6.07, 6.45) is 3.65. The highest BCUT2D eigenvalue weighted by atomic mass is 16.3. The third-order valence-corrected chi connectivity index (χ3v) is 6.39. The molecular weight excluding hydrogens is 424 g/mol. The zero-order valence-electron chi connectivity index (χ0n) is 18.8. The van der Waals surface area contributed by atoms with Crippen LogP contribution in [0.25, 0.3) is 10.8 Å². The highest BCUT2D eigenvalue weighted by Crippen LogP contribution is 2.39. The summed E-state index contributed by atoms with van der Waals surface area (Å²) in [5.41, 5.74) is 3.47. The molecule has 4 aromatic rings. The van der Waals surface area contributed by atoms with Crippen molar-refractivity contribution >= 4 is 22.5 Å². The minimum absolute atomic E-state index is 0.109. The monoisotopic (exact) mass is 448 g/mol. The third kappa shape index (κ3) is 3.86. The molecule has 0 radical (unpaired) electrons. The molecule has 2 heterocycles. The molecule has 1 atom stereocenters.